The van der Waals surface area contributed by atoms with Crippen LogP contribution in [-0.2, 0) is 10.0 Å². The molecule has 3 aromatic carbocycles. The second-order valence-corrected chi connectivity index (χ2v) is 7.68. The molecule has 0 amide bonds. The third-order valence-corrected chi connectivity index (χ3v) is 5.81. The summed E-state index contributed by atoms with van der Waals surface area (Å²) in [5.41, 5.74) is 1.80. The molecule has 0 bridgehead atoms. The van der Waals surface area contributed by atoms with Crippen molar-refractivity contribution in [3.05, 3.63) is 77.9 Å². The molecule has 0 heterocycles. The minimum absolute atomic E-state index is 0.204. The molecule has 140 valence electrons. The van der Waals surface area contributed by atoms with Crippen molar-refractivity contribution in [3.8, 4) is 17.2 Å². The molecule has 0 aliphatic rings. The third kappa shape index (κ3) is 4.06. The van der Waals surface area contributed by atoms with Gasteiger partial charge in [-0.15, -0.1) is 0 Å². The molecule has 0 atom stereocenters. The third-order valence-electron chi connectivity index (χ3n) is 4.30. The van der Waals surface area contributed by atoms with Crippen LogP contribution < -0.4 is 14.2 Å². The fourth-order valence-corrected chi connectivity index (χ4v) is 4.11. The Balaban J connectivity index is 1.94. The number of ether oxygens (including phenoxy) is 2. The molecule has 0 saturated carbocycles. The summed E-state index contributed by atoms with van der Waals surface area (Å²) in [5.74, 6) is 1.70. The van der Waals surface area contributed by atoms with Gasteiger partial charge in [0.15, 0.2) is 5.75 Å². The zero-order valence-electron chi connectivity index (χ0n) is 15.4. The van der Waals surface area contributed by atoms with Gasteiger partial charge >= 0.3 is 0 Å². The van der Waals surface area contributed by atoms with Crippen molar-refractivity contribution in [1.82, 2.24) is 0 Å². The average Bonchev–Trinajstić information content (AvgIpc) is 2.66. The molecular weight excluding hydrogens is 362 g/mol. The Morgan fingerprint density at radius 1 is 0.778 bits per heavy atom. The van der Waals surface area contributed by atoms with Gasteiger partial charge in [-0.3, -0.25) is 4.72 Å². The number of sulfonamides is 1. The van der Waals surface area contributed by atoms with Crippen LogP contribution in [0.4, 0.5) is 5.69 Å². The fraction of sp³-hybridized carbons (Fsp3) is 0.143. The van der Waals surface area contributed by atoms with E-state index in [-0.39, 0.29) is 4.90 Å². The van der Waals surface area contributed by atoms with E-state index < -0.39 is 10.0 Å². The molecule has 0 spiro atoms. The molecule has 0 aliphatic carbocycles. The van der Waals surface area contributed by atoms with E-state index in [4.69, 9.17) is 9.47 Å². The van der Waals surface area contributed by atoms with Gasteiger partial charge in [0.1, 0.15) is 11.5 Å². The van der Waals surface area contributed by atoms with Gasteiger partial charge in [-0.1, -0.05) is 30.3 Å². The lowest BCUT2D eigenvalue weighted by Crippen LogP contribution is -2.15. The van der Waals surface area contributed by atoms with Crippen LogP contribution in [0.1, 0.15) is 11.1 Å². The standard InChI is InChI=1S/C21H21NO4S/c1-15-16(2)21(14-13-19(15)25-3)27(23,24)22-18-11-7-8-12-20(18)26-17-9-5-4-6-10-17/h4-14,22H,1-3H3. The van der Waals surface area contributed by atoms with Gasteiger partial charge in [0, 0.05) is 0 Å². The van der Waals surface area contributed by atoms with Crippen LogP contribution in [0.2, 0.25) is 0 Å². The first-order valence-electron chi connectivity index (χ1n) is 8.41. The maximum absolute atomic E-state index is 13.0. The van der Waals surface area contributed by atoms with Gasteiger partial charge in [0.05, 0.1) is 17.7 Å². The second kappa shape index (κ2) is 7.72. The average molecular weight is 383 g/mol. The fourth-order valence-electron chi connectivity index (χ4n) is 2.74. The largest absolute Gasteiger partial charge is 0.496 e. The summed E-state index contributed by atoms with van der Waals surface area (Å²) >= 11 is 0. The van der Waals surface area contributed by atoms with E-state index in [1.807, 2.05) is 37.3 Å². The first kappa shape index (κ1) is 18.8. The molecule has 0 aromatic heterocycles. The maximum Gasteiger partial charge on any atom is 0.262 e. The Kier molecular flexibility index (Phi) is 5.37. The predicted octanol–water partition coefficient (Wildman–Crippen LogP) is 4.91. The molecule has 27 heavy (non-hydrogen) atoms. The van der Waals surface area contributed by atoms with Crippen LogP contribution in [0.3, 0.4) is 0 Å². The normalized spacial score (nSPS) is 11.1. The highest BCUT2D eigenvalue weighted by molar-refractivity contribution is 7.92. The second-order valence-electron chi connectivity index (χ2n) is 6.03. The van der Waals surface area contributed by atoms with Gasteiger partial charge in [-0.05, 0) is 61.4 Å². The summed E-state index contributed by atoms with van der Waals surface area (Å²) in [5, 5.41) is 0. The number of benzene rings is 3. The highest BCUT2D eigenvalue weighted by Crippen LogP contribution is 2.33. The topological polar surface area (TPSA) is 64.6 Å². The lowest BCUT2D eigenvalue weighted by molar-refractivity contribution is 0.410. The van der Waals surface area contributed by atoms with Crippen LogP contribution in [0.25, 0.3) is 0 Å². The summed E-state index contributed by atoms with van der Waals surface area (Å²) in [6, 6.07) is 19.3. The summed E-state index contributed by atoms with van der Waals surface area (Å²) in [7, 11) is -2.23. The quantitative estimate of drug-likeness (QED) is 0.657. The summed E-state index contributed by atoms with van der Waals surface area (Å²) in [4.78, 5) is 0.204. The van der Waals surface area contributed by atoms with Gasteiger partial charge in [0.25, 0.3) is 10.0 Å². The highest BCUT2D eigenvalue weighted by Gasteiger charge is 2.21. The van der Waals surface area contributed by atoms with E-state index in [0.717, 1.165) is 5.56 Å². The van der Waals surface area contributed by atoms with E-state index in [1.165, 1.54) is 0 Å². The Hall–Kier alpha value is -2.99. The lowest BCUT2D eigenvalue weighted by atomic mass is 10.1. The lowest BCUT2D eigenvalue weighted by Gasteiger charge is -2.16. The van der Waals surface area contributed by atoms with Crippen LogP contribution in [-0.4, -0.2) is 15.5 Å². The Labute approximate surface area is 159 Å². The Morgan fingerprint density at radius 3 is 2.15 bits per heavy atom. The van der Waals surface area contributed by atoms with Crippen molar-refractivity contribution < 1.29 is 17.9 Å². The van der Waals surface area contributed by atoms with Crippen molar-refractivity contribution in [2.75, 3.05) is 11.8 Å². The van der Waals surface area contributed by atoms with E-state index in [1.54, 1.807) is 50.4 Å². The molecular formula is C21H21NO4S. The van der Waals surface area contributed by atoms with Crippen molar-refractivity contribution in [2.24, 2.45) is 0 Å². The van der Waals surface area contributed by atoms with E-state index >= 15 is 0 Å². The highest BCUT2D eigenvalue weighted by atomic mass is 32.2. The van der Waals surface area contributed by atoms with Crippen molar-refractivity contribution in [3.63, 3.8) is 0 Å². The molecule has 3 aromatic rings. The molecule has 1 N–H and O–H groups in total. The number of hydrogen-bond donors (Lipinski definition) is 1. The molecule has 5 nitrogen and oxygen atoms in total. The minimum Gasteiger partial charge on any atom is -0.496 e. The molecule has 0 unspecified atom stereocenters. The molecule has 0 saturated heterocycles. The number of nitrogens with one attached hydrogen (secondary N) is 1. The summed E-state index contributed by atoms with van der Waals surface area (Å²) in [6.45, 7) is 3.60. The predicted molar refractivity (Wildman–Crippen MR) is 106 cm³/mol. The maximum atomic E-state index is 13.0. The molecule has 0 radical (unpaired) electrons. The summed E-state index contributed by atoms with van der Waals surface area (Å²) < 4.78 is 39.7. The molecule has 3 rings (SSSR count). The Morgan fingerprint density at radius 2 is 1.44 bits per heavy atom. The van der Waals surface area contributed by atoms with Crippen LogP contribution in [0, 0.1) is 13.8 Å². The molecule has 0 fully saturated rings. The van der Waals surface area contributed by atoms with Gasteiger partial charge in [-0.2, -0.15) is 0 Å². The number of anilines is 1. The van der Waals surface area contributed by atoms with E-state index in [9.17, 15) is 8.42 Å². The monoisotopic (exact) mass is 383 g/mol. The zero-order valence-corrected chi connectivity index (χ0v) is 16.2. The minimum atomic E-state index is -3.79. The number of hydrogen-bond acceptors (Lipinski definition) is 4. The van der Waals surface area contributed by atoms with Crippen molar-refractivity contribution in [1.29, 1.82) is 0 Å². The Bertz CT molecular complexity index is 1050. The number of para-hydroxylation sites is 3. The molecule has 6 heteroatoms. The van der Waals surface area contributed by atoms with E-state index in [2.05, 4.69) is 4.72 Å². The van der Waals surface area contributed by atoms with Crippen molar-refractivity contribution >= 4 is 15.7 Å². The first-order valence-corrected chi connectivity index (χ1v) is 9.89. The van der Waals surface area contributed by atoms with Crippen LogP contribution in [0.5, 0.6) is 17.2 Å². The van der Waals surface area contributed by atoms with Crippen LogP contribution in [0.15, 0.2) is 71.6 Å². The van der Waals surface area contributed by atoms with E-state index in [0.29, 0.717) is 28.5 Å². The summed E-state index contributed by atoms with van der Waals surface area (Å²) in [6.07, 6.45) is 0. The van der Waals surface area contributed by atoms with Crippen molar-refractivity contribution in [2.45, 2.75) is 18.7 Å². The zero-order chi connectivity index (χ0) is 19.4. The smallest absolute Gasteiger partial charge is 0.262 e. The van der Waals surface area contributed by atoms with Gasteiger partial charge < -0.3 is 9.47 Å². The van der Waals surface area contributed by atoms with Crippen LogP contribution >= 0.6 is 0 Å². The van der Waals surface area contributed by atoms with Gasteiger partial charge in [0.2, 0.25) is 0 Å². The molecule has 0 aliphatic heterocycles. The van der Waals surface area contributed by atoms with Gasteiger partial charge in [-0.25, -0.2) is 8.42 Å². The number of methoxy groups -OCH3 is 1. The SMILES string of the molecule is COc1ccc(S(=O)(=O)Nc2ccccc2Oc2ccccc2)c(C)c1C. The first-order chi connectivity index (χ1) is 12.9. The number of rotatable bonds is 6.